The number of amides is 3. The molecule has 1 heterocycles. The number of nitrogens with zero attached hydrogens (tertiary/aromatic N) is 2. The van der Waals surface area contributed by atoms with E-state index in [4.69, 9.17) is 0 Å². The van der Waals surface area contributed by atoms with Crippen molar-refractivity contribution in [2.24, 2.45) is 7.05 Å². The average molecular weight is 256 g/mol. The van der Waals surface area contributed by atoms with Gasteiger partial charge in [0.1, 0.15) is 0 Å². The Hall–Kier alpha value is -1.50. The number of imide groups is 1. The van der Waals surface area contributed by atoms with E-state index in [1.165, 1.54) is 11.8 Å². The molecule has 1 aromatic heterocycles. The van der Waals surface area contributed by atoms with Gasteiger partial charge in [-0.05, 0) is 6.42 Å². The number of hydrogen-bond donors (Lipinski definition) is 2. The summed E-state index contributed by atoms with van der Waals surface area (Å²) in [6.07, 6.45) is 4.30. The summed E-state index contributed by atoms with van der Waals surface area (Å²) >= 11 is 1.29. The first-order chi connectivity index (χ1) is 8.13. The van der Waals surface area contributed by atoms with Crippen LogP contribution in [0.15, 0.2) is 17.6 Å². The predicted octanol–water partition coefficient (Wildman–Crippen LogP) is 0.748. The van der Waals surface area contributed by atoms with Crippen LogP contribution >= 0.6 is 11.8 Å². The highest BCUT2D eigenvalue weighted by atomic mass is 32.2. The van der Waals surface area contributed by atoms with Gasteiger partial charge < -0.3 is 9.88 Å². The molecule has 2 N–H and O–H groups in total. The maximum absolute atomic E-state index is 11.4. The SMILES string of the molecule is CCCNC(=O)NC(=O)CSc1nccn1C. The topological polar surface area (TPSA) is 76.0 Å². The van der Waals surface area contributed by atoms with Gasteiger partial charge in [0.2, 0.25) is 5.91 Å². The summed E-state index contributed by atoms with van der Waals surface area (Å²) in [6.45, 7) is 2.50. The van der Waals surface area contributed by atoms with Crippen LogP contribution in [-0.4, -0.2) is 33.8 Å². The lowest BCUT2D eigenvalue weighted by Gasteiger charge is -2.05. The van der Waals surface area contributed by atoms with Gasteiger partial charge in [0.15, 0.2) is 5.16 Å². The smallest absolute Gasteiger partial charge is 0.321 e. The first-order valence-corrected chi connectivity index (χ1v) is 6.30. The third-order valence-electron chi connectivity index (χ3n) is 1.90. The van der Waals surface area contributed by atoms with E-state index in [-0.39, 0.29) is 11.7 Å². The number of imidazole rings is 1. The van der Waals surface area contributed by atoms with E-state index in [0.717, 1.165) is 11.6 Å². The zero-order valence-corrected chi connectivity index (χ0v) is 10.7. The van der Waals surface area contributed by atoms with Crippen LogP contribution in [0.25, 0.3) is 0 Å². The second kappa shape index (κ2) is 6.95. The molecule has 0 spiro atoms. The normalized spacial score (nSPS) is 10.0. The van der Waals surface area contributed by atoms with Crippen molar-refractivity contribution in [1.82, 2.24) is 20.2 Å². The van der Waals surface area contributed by atoms with Gasteiger partial charge in [0.25, 0.3) is 0 Å². The molecule has 6 nitrogen and oxygen atoms in total. The molecule has 0 aromatic carbocycles. The van der Waals surface area contributed by atoms with Crippen LogP contribution in [0.5, 0.6) is 0 Å². The van der Waals surface area contributed by atoms with Crippen molar-refractivity contribution >= 4 is 23.7 Å². The Balaban J connectivity index is 2.26. The Labute approximate surface area is 104 Å². The molecular formula is C10H16N4O2S. The number of carbonyl (C=O) groups is 2. The molecule has 17 heavy (non-hydrogen) atoms. The van der Waals surface area contributed by atoms with Crippen molar-refractivity contribution in [1.29, 1.82) is 0 Å². The van der Waals surface area contributed by atoms with Gasteiger partial charge in [-0.2, -0.15) is 0 Å². The van der Waals surface area contributed by atoms with Crippen LogP contribution in [0, 0.1) is 0 Å². The summed E-state index contributed by atoms with van der Waals surface area (Å²) in [5.74, 6) is -0.156. The fourth-order valence-electron chi connectivity index (χ4n) is 1.07. The third-order valence-corrected chi connectivity index (χ3v) is 2.96. The van der Waals surface area contributed by atoms with Gasteiger partial charge in [-0.1, -0.05) is 18.7 Å². The molecule has 0 aliphatic carbocycles. The number of thioether (sulfide) groups is 1. The summed E-state index contributed by atoms with van der Waals surface area (Å²) in [6, 6.07) is -0.447. The highest BCUT2D eigenvalue weighted by Crippen LogP contribution is 2.13. The van der Waals surface area contributed by atoms with Crippen molar-refractivity contribution in [3.05, 3.63) is 12.4 Å². The molecule has 0 unspecified atom stereocenters. The molecule has 0 bridgehead atoms. The monoisotopic (exact) mass is 256 g/mol. The number of aryl methyl sites for hydroxylation is 1. The molecule has 0 atom stereocenters. The number of carbonyl (C=O) groups excluding carboxylic acids is 2. The van der Waals surface area contributed by atoms with E-state index in [1.807, 2.05) is 18.5 Å². The molecule has 1 rings (SSSR count). The Morgan fingerprint density at radius 2 is 2.29 bits per heavy atom. The molecule has 0 radical (unpaired) electrons. The summed E-state index contributed by atoms with van der Waals surface area (Å²) in [7, 11) is 1.85. The van der Waals surface area contributed by atoms with E-state index in [2.05, 4.69) is 15.6 Å². The third kappa shape index (κ3) is 4.90. The molecule has 7 heteroatoms. The van der Waals surface area contributed by atoms with Gasteiger partial charge in [0, 0.05) is 26.0 Å². The molecule has 0 aliphatic rings. The molecule has 3 amide bonds. The summed E-state index contributed by atoms with van der Waals surface area (Å²) in [5, 5.41) is 5.56. The minimum absolute atomic E-state index is 0.171. The molecule has 0 aliphatic heterocycles. The second-order valence-corrected chi connectivity index (χ2v) is 4.36. The van der Waals surface area contributed by atoms with Crippen molar-refractivity contribution in [3.8, 4) is 0 Å². The van der Waals surface area contributed by atoms with E-state index < -0.39 is 6.03 Å². The van der Waals surface area contributed by atoms with Crippen LogP contribution in [-0.2, 0) is 11.8 Å². The van der Waals surface area contributed by atoms with E-state index >= 15 is 0 Å². The van der Waals surface area contributed by atoms with Crippen LogP contribution in [0.3, 0.4) is 0 Å². The first-order valence-electron chi connectivity index (χ1n) is 5.31. The average Bonchev–Trinajstić information content (AvgIpc) is 2.69. The summed E-state index contributed by atoms with van der Waals surface area (Å²) in [5.41, 5.74) is 0. The summed E-state index contributed by atoms with van der Waals surface area (Å²) < 4.78 is 1.81. The maximum Gasteiger partial charge on any atom is 0.321 e. The number of urea groups is 1. The molecular weight excluding hydrogens is 240 g/mol. The lowest BCUT2D eigenvalue weighted by molar-refractivity contribution is -0.117. The minimum Gasteiger partial charge on any atom is -0.338 e. The fraction of sp³-hybridized carbons (Fsp3) is 0.500. The van der Waals surface area contributed by atoms with Crippen LogP contribution in [0.4, 0.5) is 4.79 Å². The lowest BCUT2D eigenvalue weighted by Crippen LogP contribution is -2.40. The quantitative estimate of drug-likeness (QED) is 0.762. The van der Waals surface area contributed by atoms with E-state index in [1.54, 1.807) is 12.4 Å². The molecule has 94 valence electrons. The van der Waals surface area contributed by atoms with Gasteiger partial charge in [0.05, 0.1) is 5.75 Å². The maximum atomic E-state index is 11.4. The molecule has 1 aromatic rings. The van der Waals surface area contributed by atoms with Gasteiger partial charge >= 0.3 is 6.03 Å². The van der Waals surface area contributed by atoms with Crippen LogP contribution in [0.2, 0.25) is 0 Å². The van der Waals surface area contributed by atoms with E-state index in [9.17, 15) is 9.59 Å². The van der Waals surface area contributed by atoms with Gasteiger partial charge in [-0.15, -0.1) is 0 Å². The Bertz CT molecular complexity index is 391. The largest absolute Gasteiger partial charge is 0.338 e. The highest BCUT2D eigenvalue weighted by Gasteiger charge is 2.09. The number of nitrogens with one attached hydrogen (secondary N) is 2. The number of aromatic nitrogens is 2. The number of rotatable bonds is 5. The first kappa shape index (κ1) is 13.6. The van der Waals surface area contributed by atoms with Crippen LogP contribution < -0.4 is 10.6 Å². The van der Waals surface area contributed by atoms with Gasteiger partial charge in [-0.25, -0.2) is 9.78 Å². The lowest BCUT2D eigenvalue weighted by atomic mass is 10.5. The zero-order chi connectivity index (χ0) is 12.7. The summed E-state index contributed by atoms with van der Waals surface area (Å²) in [4.78, 5) is 26.6. The predicted molar refractivity (Wildman–Crippen MR) is 65.8 cm³/mol. The fourth-order valence-corrected chi connectivity index (χ4v) is 1.80. The highest BCUT2D eigenvalue weighted by molar-refractivity contribution is 7.99. The zero-order valence-electron chi connectivity index (χ0n) is 9.90. The standard InChI is InChI=1S/C10H16N4O2S/c1-3-4-11-9(16)13-8(15)7-17-10-12-5-6-14(10)2/h5-6H,3-4,7H2,1-2H3,(H2,11,13,15,16). The van der Waals surface area contributed by atoms with Crippen molar-refractivity contribution in [3.63, 3.8) is 0 Å². The molecule has 0 saturated carbocycles. The van der Waals surface area contributed by atoms with Crippen molar-refractivity contribution in [2.75, 3.05) is 12.3 Å². The minimum atomic E-state index is -0.447. The van der Waals surface area contributed by atoms with Crippen molar-refractivity contribution < 1.29 is 9.59 Å². The van der Waals surface area contributed by atoms with Crippen LogP contribution in [0.1, 0.15) is 13.3 Å². The van der Waals surface area contributed by atoms with Crippen molar-refractivity contribution in [2.45, 2.75) is 18.5 Å². The molecule has 0 fully saturated rings. The molecule has 0 saturated heterocycles. The Morgan fingerprint density at radius 3 is 2.88 bits per heavy atom. The van der Waals surface area contributed by atoms with Gasteiger partial charge in [-0.3, -0.25) is 10.1 Å². The number of hydrogen-bond acceptors (Lipinski definition) is 4. The Kier molecular flexibility index (Phi) is 5.55. The Morgan fingerprint density at radius 1 is 1.53 bits per heavy atom. The van der Waals surface area contributed by atoms with E-state index in [0.29, 0.717) is 6.54 Å². The second-order valence-electron chi connectivity index (χ2n) is 3.41.